The largest absolute Gasteiger partial charge is 0.414 e. The summed E-state index contributed by atoms with van der Waals surface area (Å²) in [5.41, 5.74) is -0.251. The third-order valence-corrected chi connectivity index (χ3v) is 3.97. The molecule has 2 N–H and O–H groups in total. The maximum atomic E-state index is 13.9. The molecule has 5 nitrogen and oxygen atoms in total. The molecule has 10 heteroatoms. The van der Waals surface area contributed by atoms with Gasteiger partial charge in [0.05, 0.1) is 5.02 Å². The van der Waals surface area contributed by atoms with Crippen molar-refractivity contribution in [3.05, 3.63) is 63.7 Å². The van der Waals surface area contributed by atoms with Crippen LogP contribution in [0.5, 0.6) is 0 Å². The van der Waals surface area contributed by atoms with E-state index in [1.807, 2.05) is 0 Å². The van der Waals surface area contributed by atoms with Crippen molar-refractivity contribution >= 4 is 23.4 Å². The van der Waals surface area contributed by atoms with E-state index in [9.17, 15) is 27.2 Å². The first-order chi connectivity index (χ1) is 12.2. The van der Waals surface area contributed by atoms with Gasteiger partial charge < -0.3 is 10.6 Å². The van der Waals surface area contributed by atoms with Crippen molar-refractivity contribution in [3.63, 3.8) is 0 Å². The number of carbonyl (C=O) groups excluding carboxylic acids is 2. The molecule has 0 saturated heterocycles. The van der Waals surface area contributed by atoms with Gasteiger partial charge in [-0.3, -0.25) is 14.6 Å². The maximum Gasteiger partial charge on any atom is 0.414 e. The molecular formula is C16H10ClF4N3O2. The number of aromatic nitrogens is 1. The van der Waals surface area contributed by atoms with Crippen molar-refractivity contribution < 1.29 is 27.2 Å². The Balaban J connectivity index is 1.90. The van der Waals surface area contributed by atoms with Gasteiger partial charge in [0, 0.05) is 23.9 Å². The third-order valence-electron chi connectivity index (χ3n) is 3.76. The molecule has 1 aromatic carbocycles. The first-order valence-electron chi connectivity index (χ1n) is 7.26. The minimum absolute atomic E-state index is 0.0936. The van der Waals surface area contributed by atoms with Crippen LogP contribution in [0.15, 0.2) is 30.5 Å². The molecule has 0 aliphatic carbocycles. The van der Waals surface area contributed by atoms with E-state index < -0.39 is 29.6 Å². The Hall–Kier alpha value is -2.68. The van der Waals surface area contributed by atoms with Crippen molar-refractivity contribution in [1.82, 2.24) is 15.6 Å². The van der Waals surface area contributed by atoms with Crippen LogP contribution in [-0.4, -0.2) is 23.0 Å². The van der Waals surface area contributed by atoms with E-state index in [-0.39, 0.29) is 23.0 Å². The number of rotatable bonds is 3. The van der Waals surface area contributed by atoms with E-state index in [0.29, 0.717) is 17.2 Å². The van der Waals surface area contributed by atoms with Crippen LogP contribution in [0.25, 0.3) is 0 Å². The highest BCUT2D eigenvalue weighted by molar-refractivity contribution is 6.30. The summed E-state index contributed by atoms with van der Waals surface area (Å²) < 4.78 is 53.8. The maximum absolute atomic E-state index is 13.9. The second-order valence-electron chi connectivity index (χ2n) is 5.52. The monoisotopic (exact) mass is 387 g/mol. The highest BCUT2D eigenvalue weighted by atomic mass is 35.5. The molecule has 0 bridgehead atoms. The molecule has 0 saturated carbocycles. The van der Waals surface area contributed by atoms with Crippen LogP contribution in [-0.2, 0) is 6.54 Å². The summed E-state index contributed by atoms with van der Waals surface area (Å²) >= 11 is 5.50. The summed E-state index contributed by atoms with van der Waals surface area (Å²) in [5.74, 6) is -2.69. The number of fused-ring (bicyclic) bond motifs is 1. The number of amides is 2. The zero-order valence-electron chi connectivity index (χ0n) is 12.8. The standard InChI is InChI=1S/C16H10ClF4N3O2/c17-9-4-11(18)12(22-6-9)13(16(19,20)21)24-14(25)7-1-2-10-8(3-7)5-23-15(10)26/h1-4,6,13H,5H2,(H,23,26)(H,24,25)/t13-/m1/s1. The first-order valence-corrected chi connectivity index (χ1v) is 7.64. The highest BCUT2D eigenvalue weighted by Gasteiger charge is 2.44. The lowest BCUT2D eigenvalue weighted by Crippen LogP contribution is -2.39. The Morgan fingerprint density at radius 2 is 2.04 bits per heavy atom. The van der Waals surface area contributed by atoms with E-state index in [2.05, 4.69) is 10.3 Å². The predicted octanol–water partition coefficient (Wildman–Crippen LogP) is 3.15. The van der Waals surface area contributed by atoms with E-state index in [0.717, 1.165) is 6.20 Å². The van der Waals surface area contributed by atoms with Gasteiger partial charge in [0.2, 0.25) is 0 Å². The number of pyridine rings is 1. The molecule has 26 heavy (non-hydrogen) atoms. The molecule has 1 aliphatic rings. The van der Waals surface area contributed by atoms with Crippen LogP contribution >= 0.6 is 11.6 Å². The quantitative estimate of drug-likeness (QED) is 0.795. The van der Waals surface area contributed by atoms with Crippen LogP contribution in [0.2, 0.25) is 5.02 Å². The van der Waals surface area contributed by atoms with E-state index in [1.54, 1.807) is 5.32 Å². The van der Waals surface area contributed by atoms with Gasteiger partial charge in [0.1, 0.15) is 11.5 Å². The molecule has 2 aromatic rings. The van der Waals surface area contributed by atoms with Gasteiger partial charge in [0.15, 0.2) is 6.04 Å². The summed E-state index contributed by atoms with van der Waals surface area (Å²) in [7, 11) is 0. The zero-order valence-corrected chi connectivity index (χ0v) is 13.6. The average molecular weight is 388 g/mol. The lowest BCUT2D eigenvalue weighted by Gasteiger charge is -2.21. The molecular weight excluding hydrogens is 378 g/mol. The fourth-order valence-corrected chi connectivity index (χ4v) is 2.68. The Labute approximate surface area is 149 Å². The topological polar surface area (TPSA) is 71.1 Å². The molecule has 2 amide bonds. The lowest BCUT2D eigenvalue weighted by atomic mass is 10.0. The molecule has 3 rings (SSSR count). The Morgan fingerprint density at radius 1 is 1.31 bits per heavy atom. The molecule has 2 heterocycles. The molecule has 0 spiro atoms. The van der Waals surface area contributed by atoms with E-state index in [4.69, 9.17) is 11.6 Å². The predicted molar refractivity (Wildman–Crippen MR) is 83.1 cm³/mol. The number of benzene rings is 1. The van der Waals surface area contributed by atoms with Gasteiger partial charge >= 0.3 is 6.18 Å². The number of nitrogens with one attached hydrogen (secondary N) is 2. The van der Waals surface area contributed by atoms with Crippen molar-refractivity contribution in [2.24, 2.45) is 0 Å². The molecule has 0 radical (unpaired) electrons. The second-order valence-corrected chi connectivity index (χ2v) is 5.96. The third kappa shape index (κ3) is 3.48. The van der Waals surface area contributed by atoms with Crippen molar-refractivity contribution in [3.8, 4) is 0 Å². The second kappa shape index (κ2) is 6.56. The summed E-state index contributed by atoms with van der Waals surface area (Å²) in [5, 5.41) is 4.10. The Kier molecular flexibility index (Phi) is 4.57. The van der Waals surface area contributed by atoms with Crippen LogP contribution in [0.4, 0.5) is 17.6 Å². The van der Waals surface area contributed by atoms with Gasteiger partial charge in [-0.25, -0.2) is 4.39 Å². The number of halogens is 5. The van der Waals surface area contributed by atoms with Gasteiger partial charge in [-0.1, -0.05) is 11.6 Å². The van der Waals surface area contributed by atoms with Crippen molar-refractivity contribution in [2.45, 2.75) is 18.8 Å². The molecule has 1 atom stereocenters. The number of hydrogen-bond donors (Lipinski definition) is 2. The van der Waals surface area contributed by atoms with Gasteiger partial charge in [-0.05, 0) is 29.8 Å². The van der Waals surface area contributed by atoms with Crippen LogP contribution in [0, 0.1) is 5.82 Å². The lowest BCUT2D eigenvalue weighted by molar-refractivity contribution is -0.156. The van der Waals surface area contributed by atoms with Crippen molar-refractivity contribution in [1.29, 1.82) is 0 Å². The fourth-order valence-electron chi connectivity index (χ4n) is 2.53. The van der Waals surface area contributed by atoms with E-state index >= 15 is 0 Å². The molecule has 0 unspecified atom stereocenters. The SMILES string of the molecule is O=C(N[C@H](c1ncc(Cl)cc1F)C(F)(F)F)c1ccc2c(c1)CNC2=O. The molecule has 0 fully saturated rings. The summed E-state index contributed by atoms with van der Waals surface area (Å²) in [6, 6.07) is 1.90. The average Bonchev–Trinajstić information content (AvgIpc) is 2.93. The molecule has 1 aliphatic heterocycles. The number of hydrogen-bond acceptors (Lipinski definition) is 3. The van der Waals surface area contributed by atoms with Gasteiger partial charge in [-0.15, -0.1) is 0 Å². The normalized spacial score (nSPS) is 14.6. The zero-order chi connectivity index (χ0) is 19.1. The van der Waals surface area contributed by atoms with Gasteiger partial charge in [0.25, 0.3) is 11.8 Å². The molecule has 136 valence electrons. The minimum Gasteiger partial charge on any atom is -0.348 e. The van der Waals surface area contributed by atoms with E-state index in [1.165, 1.54) is 18.2 Å². The van der Waals surface area contributed by atoms with Gasteiger partial charge in [-0.2, -0.15) is 13.2 Å². The van der Waals surface area contributed by atoms with Crippen LogP contribution in [0.1, 0.15) is 38.0 Å². The summed E-state index contributed by atoms with van der Waals surface area (Å²) in [4.78, 5) is 27.1. The molecule has 1 aromatic heterocycles. The minimum atomic E-state index is -4.98. The smallest absolute Gasteiger partial charge is 0.348 e. The van der Waals surface area contributed by atoms with Crippen molar-refractivity contribution in [2.75, 3.05) is 0 Å². The number of alkyl halides is 3. The summed E-state index contributed by atoms with van der Waals surface area (Å²) in [6.07, 6.45) is -4.12. The number of nitrogens with zero attached hydrogens (tertiary/aromatic N) is 1. The van der Waals surface area contributed by atoms with Crippen LogP contribution < -0.4 is 10.6 Å². The Bertz CT molecular complexity index is 902. The van der Waals surface area contributed by atoms with Crippen LogP contribution in [0.3, 0.4) is 0 Å². The fraction of sp³-hybridized carbons (Fsp3) is 0.188. The highest BCUT2D eigenvalue weighted by Crippen LogP contribution is 2.33. The first kappa shape index (κ1) is 18.1. The number of carbonyl (C=O) groups is 2. The Morgan fingerprint density at radius 3 is 2.69 bits per heavy atom. The summed E-state index contributed by atoms with van der Waals surface area (Å²) in [6.45, 7) is 0.172.